The van der Waals surface area contributed by atoms with Gasteiger partial charge in [-0.2, -0.15) is 5.10 Å². The Hall–Kier alpha value is -0.390. The summed E-state index contributed by atoms with van der Waals surface area (Å²) in [5.41, 5.74) is 5.06. The predicted molar refractivity (Wildman–Crippen MR) is 65.3 cm³/mol. The van der Waals surface area contributed by atoms with Crippen LogP contribution < -0.4 is 11.3 Å². The maximum atomic E-state index is 5.53. The van der Waals surface area contributed by atoms with Crippen molar-refractivity contribution in [2.24, 2.45) is 18.8 Å². The lowest BCUT2D eigenvalue weighted by Gasteiger charge is -2.19. The zero-order chi connectivity index (χ0) is 11.6. The van der Waals surface area contributed by atoms with Crippen molar-refractivity contribution in [3.05, 3.63) is 15.9 Å². The molecule has 1 aromatic rings. The molecule has 86 valence electrons. The van der Waals surface area contributed by atoms with Crippen LogP contribution in [0.15, 0.2) is 4.47 Å². The number of hydrogen-bond donors (Lipinski definition) is 2. The Morgan fingerprint density at radius 3 is 2.47 bits per heavy atom. The zero-order valence-electron chi connectivity index (χ0n) is 9.71. The number of hydrazine groups is 1. The number of aryl methyl sites for hydroxylation is 2. The van der Waals surface area contributed by atoms with E-state index in [1.807, 2.05) is 18.7 Å². The summed E-state index contributed by atoms with van der Waals surface area (Å²) in [7, 11) is 1.96. The van der Waals surface area contributed by atoms with E-state index in [9.17, 15) is 0 Å². The van der Waals surface area contributed by atoms with Crippen LogP contribution in [0, 0.1) is 12.8 Å². The molecule has 0 bridgehead atoms. The molecule has 0 aliphatic heterocycles. The molecule has 0 aliphatic carbocycles. The maximum Gasteiger partial charge on any atom is 0.0738 e. The molecular weight excluding hydrogens is 256 g/mol. The standard InChI is InChI=1S/C10H19BrN4/c1-6(2)8(13-12)5-9-10(11)7(3)14-15(9)4/h6,8,13H,5,12H2,1-4H3. The molecule has 1 rings (SSSR count). The normalized spacial score (nSPS) is 13.5. The summed E-state index contributed by atoms with van der Waals surface area (Å²) in [5, 5.41) is 4.36. The summed E-state index contributed by atoms with van der Waals surface area (Å²) < 4.78 is 3.00. The van der Waals surface area contributed by atoms with Gasteiger partial charge in [0.15, 0.2) is 0 Å². The van der Waals surface area contributed by atoms with Crippen molar-refractivity contribution in [2.45, 2.75) is 33.2 Å². The molecule has 0 fully saturated rings. The molecule has 0 saturated heterocycles. The van der Waals surface area contributed by atoms with Crippen LogP contribution in [0.2, 0.25) is 0 Å². The van der Waals surface area contributed by atoms with E-state index >= 15 is 0 Å². The maximum absolute atomic E-state index is 5.53. The van der Waals surface area contributed by atoms with E-state index in [2.05, 4.69) is 40.3 Å². The third kappa shape index (κ3) is 2.80. The van der Waals surface area contributed by atoms with Crippen LogP contribution in [0.1, 0.15) is 25.2 Å². The highest BCUT2D eigenvalue weighted by Crippen LogP contribution is 2.22. The van der Waals surface area contributed by atoms with Gasteiger partial charge in [-0.3, -0.25) is 16.0 Å². The minimum Gasteiger partial charge on any atom is -0.271 e. The number of halogens is 1. The second-order valence-electron chi connectivity index (χ2n) is 4.19. The molecular formula is C10H19BrN4. The quantitative estimate of drug-likeness (QED) is 0.647. The number of nitrogens with one attached hydrogen (secondary N) is 1. The van der Waals surface area contributed by atoms with Gasteiger partial charge >= 0.3 is 0 Å². The molecule has 3 N–H and O–H groups in total. The average Bonchev–Trinajstić information content (AvgIpc) is 2.39. The number of hydrogen-bond acceptors (Lipinski definition) is 3. The summed E-state index contributed by atoms with van der Waals surface area (Å²) in [6.07, 6.45) is 0.881. The predicted octanol–water partition coefficient (Wildman–Crippen LogP) is 1.52. The van der Waals surface area contributed by atoms with Crippen LogP contribution in [0.4, 0.5) is 0 Å². The summed E-state index contributed by atoms with van der Waals surface area (Å²) in [5.74, 6) is 6.03. The largest absolute Gasteiger partial charge is 0.271 e. The molecule has 0 aromatic carbocycles. The molecule has 1 atom stereocenters. The highest BCUT2D eigenvalue weighted by Gasteiger charge is 2.18. The SMILES string of the molecule is Cc1nn(C)c(CC(NN)C(C)C)c1Br. The fraction of sp³-hybridized carbons (Fsp3) is 0.700. The lowest BCUT2D eigenvalue weighted by Crippen LogP contribution is -2.41. The Kier molecular flexibility index (Phi) is 4.31. The Balaban J connectivity index is 2.88. The minimum absolute atomic E-state index is 0.274. The van der Waals surface area contributed by atoms with E-state index in [4.69, 9.17) is 5.84 Å². The van der Waals surface area contributed by atoms with Gasteiger partial charge in [0, 0.05) is 19.5 Å². The summed E-state index contributed by atoms with van der Waals surface area (Å²) in [6, 6.07) is 0.274. The van der Waals surface area contributed by atoms with Crippen molar-refractivity contribution in [3.63, 3.8) is 0 Å². The van der Waals surface area contributed by atoms with Gasteiger partial charge in [-0.1, -0.05) is 13.8 Å². The Morgan fingerprint density at radius 1 is 1.53 bits per heavy atom. The van der Waals surface area contributed by atoms with Gasteiger partial charge in [0.2, 0.25) is 0 Å². The van der Waals surface area contributed by atoms with Gasteiger partial charge in [0.1, 0.15) is 0 Å². The number of aromatic nitrogens is 2. The second-order valence-corrected chi connectivity index (χ2v) is 4.98. The monoisotopic (exact) mass is 274 g/mol. The van der Waals surface area contributed by atoms with E-state index in [1.54, 1.807) is 0 Å². The molecule has 4 nitrogen and oxygen atoms in total. The average molecular weight is 275 g/mol. The number of nitrogens with two attached hydrogens (primary N) is 1. The molecule has 1 unspecified atom stereocenters. The molecule has 0 amide bonds. The Labute approximate surface area is 99.3 Å². The van der Waals surface area contributed by atoms with Crippen LogP contribution >= 0.6 is 15.9 Å². The van der Waals surface area contributed by atoms with Crippen LogP contribution in [0.5, 0.6) is 0 Å². The van der Waals surface area contributed by atoms with E-state index in [0.717, 1.165) is 16.6 Å². The first-order chi connectivity index (χ1) is 6.97. The zero-order valence-corrected chi connectivity index (χ0v) is 11.3. The van der Waals surface area contributed by atoms with Gasteiger partial charge in [-0.05, 0) is 28.8 Å². The summed E-state index contributed by atoms with van der Waals surface area (Å²) >= 11 is 3.56. The van der Waals surface area contributed by atoms with Crippen molar-refractivity contribution in [1.29, 1.82) is 0 Å². The van der Waals surface area contributed by atoms with Gasteiger partial charge in [-0.15, -0.1) is 0 Å². The second kappa shape index (κ2) is 5.09. The van der Waals surface area contributed by atoms with Crippen LogP contribution in [0.25, 0.3) is 0 Å². The molecule has 0 aliphatic rings. The summed E-state index contributed by atoms with van der Waals surface area (Å²) in [4.78, 5) is 0. The van der Waals surface area contributed by atoms with Gasteiger partial charge in [-0.25, -0.2) is 0 Å². The Morgan fingerprint density at radius 2 is 2.13 bits per heavy atom. The highest BCUT2D eigenvalue weighted by molar-refractivity contribution is 9.10. The van der Waals surface area contributed by atoms with Crippen molar-refractivity contribution in [1.82, 2.24) is 15.2 Å². The lowest BCUT2D eigenvalue weighted by molar-refractivity contribution is 0.396. The summed E-state index contributed by atoms with van der Waals surface area (Å²) in [6.45, 7) is 6.30. The van der Waals surface area contributed by atoms with Gasteiger partial charge in [0.05, 0.1) is 15.9 Å². The fourth-order valence-corrected chi connectivity index (χ4v) is 2.10. The lowest BCUT2D eigenvalue weighted by atomic mass is 10.00. The molecule has 1 heterocycles. The van der Waals surface area contributed by atoms with E-state index < -0.39 is 0 Å². The first-order valence-corrected chi connectivity index (χ1v) is 5.90. The first-order valence-electron chi connectivity index (χ1n) is 5.11. The highest BCUT2D eigenvalue weighted by atomic mass is 79.9. The molecule has 0 radical (unpaired) electrons. The van der Waals surface area contributed by atoms with Crippen molar-refractivity contribution < 1.29 is 0 Å². The molecule has 1 aromatic heterocycles. The van der Waals surface area contributed by atoms with Crippen LogP contribution in [-0.4, -0.2) is 15.8 Å². The minimum atomic E-state index is 0.274. The molecule has 15 heavy (non-hydrogen) atoms. The fourth-order valence-electron chi connectivity index (χ4n) is 1.60. The first kappa shape index (κ1) is 12.7. The van der Waals surface area contributed by atoms with E-state index in [-0.39, 0.29) is 6.04 Å². The van der Waals surface area contributed by atoms with E-state index in [1.165, 1.54) is 5.69 Å². The van der Waals surface area contributed by atoms with Gasteiger partial charge in [0.25, 0.3) is 0 Å². The molecule has 0 spiro atoms. The molecule has 0 saturated carbocycles. The third-order valence-electron chi connectivity index (χ3n) is 2.69. The van der Waals surface area contributed by atoms with Crippen LogP contribution in [-0.2, 0) is 13.5 Å². The number of nitrogens with zero attached hydrogens (tertiary/aromatic N) is 2. The topological polar surface area (TPSA) is 55.9 Å². The van der Waals surface area contributed by atoms with Crippen molar-refractivity contribution in [2.75, 3.05) is 0 Å². The van der Waals surface area contributed by atoms with Crippen LogP contribution in [0.3, 0.4) is 0 Å². The van der Waals surface area contributed by atoms with Gasteiger partial charge < -0.3 is 0 Å². The van der Waals surface area contributed by atoms with Crippen molar-refractivity contribution >= 4 is 15.9 Å². The third-order valence-corrected chi connectivity index (χ3v) is 3.73. The smallest absolute Gasteiger partial charge is 0.0738 e. The molecule has 5 heteroatoms. The van der Waals surface area contributed by atoms with Crippen molar-refractivity contribution in [3.8, 4) is 0 Å². The van der Waals surface area contributed by atoms with E-state index in [0.29, 0.717) is 5.92 Å². The Bertz CT molecular complexity index is 332. The number of rotatable bonds is 4.